The first-order valence-corrected chi connectivity index (χ1v) is 9.35. The van der Waals surface area contributed by atoms with Gasteiger partial charge in [-0.15, -0.1) is 5.06 Å². The highest BCUT2D eigenvalue weighted by Crippen LogP contribution is 2.27. The number of hydrogen-bond acceptors (Lipinski definition) is 6. The molecule has 30 heavy (non-hydrogen) atoms. The highest BCUT2D eigenvalue weighted by Gasteiger charge is 2.37. The Hall–Kier alpha value is -3.84. The molecule has 7 nitrogen and oxygen atoms in total. The number of hydrogen-bond donors (Lipinski definition) is 0. The van der Waals surface area contributed by atoms with E-state index in [0.717, 1.165) is 5.39 Å². The first kappa shape index (κ1) is 19.5. The molecule has 7 heteroatoms. The molecular weight excluding hydrogens is 386 g/mol. The van der Waals surface area contributed by atoms with Gasteiger partial charge in [0.2, 0.25) is 0 Å². The summed E-state index contributed by atoms with van der Waals surface area (Å²) >= 11 is 0. The van der Waals surface area contributed by atoms with E-state index in [1.807, 2.05) is 12.1 Å². The van der Waals surface area contributed by atoms with Crippen LogP contribution in [0, 0.1) is 0 Å². The van der Waals surface area contributed by atoms with Crippen molar-refractivity contribution in [3.63, 3.8) is 0 Å². The van der Waals surface area contributed by atoms with Crippen LogP contribution in [0.2, 0.25) is 0 Å². The lowest BCUT2D eigenvalue weighted by atomic mass is 9.97. The van der Waals surface area contributed by atoms with Gasteiger partial charge in [-0.25, -0.2) is 4.79 Å². The number of ether oxygens (including phenoxy) is 1. The smallest absolute Gasteiger partial charge is 0.379 e. The minimum atomic E-state index is -0.977. The summed E-state index contributed by atoms with van der Waals surface area (Å²) in [5.41, 5.74) is 0.998. The molecule has 0 fully saturated rings. The number of imide groups is 1. The Morgan fingerprint density at radius 2 is 1.50 bits per heavy atom. The zero-order chi connectivity index (χ0) is 21.3. The number of esters is 1. The number of ketones is 1. The van der Waals surface area contributed by atoms with Crippen LogP contribution in [0.5, 0.6) is 0 Å². The van der Waals surface area contributed by atoms with E-state index in [9.17, 15) is 19.2 Å². The average Bonchev–Trinajstić information content (AvgIpc) is 3.01. The monoisotopic (exact) mass is 403 g/mol. The van der Waals surface area contributed by atoms with Crippen molar-refractivity contribution in [3.05, 3.63) is 82.9 Å². The van der Waals surface area contributed by atoms with Gasteiger partial charge in [0.1, 0.15) is 6.61 Å². The van der Waals surface area contributed by atoms with E-state index in [4.69, 9.17) is 9.57 Å². The lowest BCUT2D eigenvalue weighted by molar-refractivity contribution is -0.137. The first-order valence-electron chi connectivity index (χ1n) is 9.35. The fourth-order valence-electron chi connectivity index (χ4n) is 3.42. The Morgan fingerprint density at radius 1 is 0.867 bits per heavy atom. The van der Waals surface area contributed by atoms with Crippen molar-refractivity contribution in [3.8, 4) is 0 Å². The van der Waals surface area contributed by atoms with E-state index < -0.39 is 23.6 Å². The number of carbonyl (C=O) groups is 4. The summed E-state index contributed by atoms with van der Waals surface area (Å²) in [6, 6.07) is 16.9. The fraction of sp³-hybridized carbons (Fsp3) is 0.130. The standard InChI is InChI=1S/C23H17NO6/c1-2-29-23(28)20(25)16-12-11-14-7-3-4-8-15(14)19(16)13-30-24-21(26)17-9-5-6-10-18(17)22(24)27/h3-12H,2,13H2,1H3. The summed E-state index contributed by atoms with van der Waals surface area (Å²) in [5, 5.41) is 2.17. The zero-order valence-electron chi connectivity index (χ0n) is 16.1. The van der Waals surface area contributed by atoms with Gasteiger partial charge in [-0.05, 0) is 41.5 Å². The van der Waals surface area contributed by atoms with Crippen LogP contribution < -0.4 is 0 Å². The average molecular weight is 403 g/mol. The number of rotatable bonds is 6. The van der Waals surface area contributed by atoms with E-state index in [2.05, 4.69) is 0 Å². The molecule has 0 aliphatic carbocycles. The molecule has 0 N–H and O–H groups in total. The molecule has 0 aromatic heterocycles. The quantitative estimate of drug-likeness (QED) is 0.271. The third kappa shape index (κ3) is 3.25. The van der Waals surface area contributed by atoms with Crippen molar-refractivity contribution in [2.75, 3.05) is 6.61 Å². The molecule has 3 aromatic carbocycles. The van der Waals surface area contributed by atoms with E-state index >= 15 is 0 Å². The Morgan fingerprint density at radius 3 is 2.17 bits per heavy atom. The maximum atomic E-state index is 12.6. The SMILES string of the molecule is CCOC(=O)C(=O)c1ccc2ccccc2c1CON1C(=O)c2ccccc2C1=O. The number of hydroxylamine groups is 2. The Balaban J connectivity index is 1.69. The van der Waals surface area contributed by atoms with Crippen molar-refractivity contribution < 1.29 is 28.8 Å². The molecule has 0 unspecified atom stereocenters. The van der Waals surface area contributed by atoms with Gasteiger partial charge in [-0.2, -0.15) is 0 Å². The van der Waals surface area contributed by atoms with E-state index in [1.54, 1.807) is 49.4 Å². The van der Waals surface area contributed by atoms with Crippen molar-refractivity contribution in [2.24, 2.45) is 0 Å². The van der Waals surface area contributed by atoms with Crippen LogP contribution in [-0.2, 0) is 21.0 Å². The number of Topliss-reactive ketones (excluding diaryl/α,β-unsaturated/α-hetero) is 1. The maximum Gasteiger partial charge on any atom is 0.379 e. The predicted molar refractivity (Wildman–Crippen MR) is 107 cm³/mol. The molecule has 0 radical (unpaired) electrons. The number of carbonyl (C=O) groups excluding carboxylic acids is 4. The number of amides is 2. The molecule has 0 saturated heterocycles. The van der Waals surface area contributed by atoms with Crippen molar-refractivity contribution in [1.29, 1.82) is 0 Å². The van der Waals surface area contributed by atoms with Crippen molar-refractivity contribution in [1.82, 2.24) is 5.06 Å². The van der Waals surface area contributed by atoms with Gasteiger partial charge in [0, 0.05) is 5.56 Å². The normalized spacial score (nSPS) is 12.9. The minimum Gasteiger partial charge on any atom is -0.460 e. The number of benzene rings is 3. The summed E-state index contributed by atoms with van der Waals surface area (Å²) in [7, 11) is 0. The lowest BCUT2D eigenvalue weighted by Crippen LogP contribution is -2.30. The zero-order valence-corrected chi connectivity index (χ0v) is 16.1. The number of fused-ring (bicyclic) bond motifs is 2. The van der Waals surface area contributed by atoms with E-state index in [0.29, 0.717) is 16.0 Å². The van der Waals surface area contributed by atoms with Gasteiger partial charge in [0.15, 0.2) is 0 Å². The second-order valence-corrected chi connectivity index (χ2v) is 6.59. The Kier molecular flexibility index (Phi) is 5.12. The first-order chi connectivity index (χ1) is 14.5. The molecule has 3 aromatic rings. The van der Waals surface area contributed by atoms with Gasteiger partial charge in [0.25, 0.3) is 17.6 Å². The fourth-order valence-corrected chi connectivity index (χ4v) is 3.42. The highest BCUT2D eigenvalue weighted by molar-refractivity contribution is 6.41. The van der Waals surface area contributed by atoms with Crippen LogP contribution in [0.25, 0.3) is 10.8 Å². The third-order valence-corrected chi connectivity index (χ3v) is 4.84. The molecule has 4 rings (SSSR count). The van der Waals surface area contributed by atoms with Crippen LogP contribution in [0.3, 0.4) is 0 Å². The molecule has 1 heterocycles. The van der Waals surface area contributed by atoms with Gasteiger partial charge in [-0.1, -0.05) is 42.5 Å². The Bertz CT molecular complexity index is 1160. The second-order valence-electron chi connectivity index (χ2n) is 6.59. The van der Waals surface area contributed by atoms with Gasteiger partial charge in [-0.3, -0.25) is 19.2 Å². The van der Waals surface area contributed by atoms with Crippen LogP contribution in [-0.4, -0.2) is 35.2 Å². The Labute approximate surface area is 171 Å². The maximum absolute atomic E-state index is 12.6. The topological polar surface area (TPSA) is 90.0 Å². The molecule has 1 aliphatic heterocycles. The molecular formula is C23H17NO6. The van der Waals surface area contributed by atoms with Crippen LogP contribution in [0.1, 0.15) is 43.6 Å². The largest absolute Gasteiger partial charge is 0.460 e. The van der Waals surface area contributed by atoms with Gasteiger partial charge >= 0.3 is 5.97 Å². The minimum absolute atomic E-state index is 0.0685. The summed E-state index contributed by atoms with van der Waals surface area (Å²) in [5.74, 6) is -2.94. The molecule has 0 atom stereocenters. The van der Waals surface area contributed by atoms with Crippen molar-refractivity contribution >= 4 is 34.3 Å². The van der Waals surface area contributed by atoms with Gasteiger partial charge in [0.05, 0.1) is 17.7 Å². The summed E-state index contributed by atoms with van der Waals surface area (Å²) in [4.78, 5) is 55.3. The highest BCUT2D eigenvalue weighted by atomic mass is 16.7. The van der Waals surface area contributed by atoms with Gasteiger partial charge < -0.3 is 4.74 Å². The van der Waals surface area contributed by atoms with Crippen LogP contribution in [0.4, 0.5) is 0 Å². The molecule has 150 valence electrons. The molecule has 0 spiro atoms. The number of nitrogens with zero attached hydrogens (tertiary/aromatic N) is 1. The summed E-state index contributed by atoms with van der Waals surface area (Å²) in [6.07, 6.45) is 0. The summed E-state index contributed by atoms with van der Waals surface area (Å²) in [6.45, 7) is 1.42. The van der Waals surface area contributed by atoms with E-state index in [1.165, 1.54) is 6.07 Å². The molecule has 1 aliphatic rings. The van der Waals surface area contributed by atoms with Crippen LogP contribution in [0.15, 0.2) is 60.7 Å². The second kappa shape index (κ2) is 7.88. The molecule has 2 amide bonds. The predicted octanol–water partition coefficient (Wildman–Crippen LogP) is 3.31. The van der Waals surface area contributed by atoms with Crippen molar-refractivity contribution in [2.45, 2.75) is 13.5 Å². The third-order valence-electron chi connectivity index (χ3n) is 4.84. The molecule has 0 bridgehead atoms. The lowest BCUT2D eigenvalue weighted by Gasteiger charge is -2.16. The van der Waals surface area contributed by atoms with Crippen LogP contribution >= 0.6 is 0 Å². The van der Waals surface area contributed by atoms with E-state index in [-0.39, 0.29) is 29.9 Å². The molecule has 0 saturated carbocycles. The summed E-state index contributed by atoms with van der Waals surface area (Å²) < 4.78 is 4.83.